The van der Waals surface area contributed by atoms with Gasteiger partial charge < -0.3 is 9.88 Å². The molecule has 7 nitrogen and oxygen atoms in total. The molecule has 3 heterocycles. The Hall–Kier alpha value is -3.14. The van der Waals surface area contributed by atoms with Gasteiger partial charge in [-0.05, 0) is 37.5 Å². The zero-order valence-corrected chi connectivity index (χ0v) is 15.5. The Labute approximate surface area is 157 Å². The van der Waals surface area contributed by atoms with Crippen LogP contribution < -0.4 is 0 Å². The summed E-state index contributed by atoms with van der Waals surface area (Å²) in [5.74, 6) is 0.322. The second-order valence-corrected chi connectivity index (χ2v) is 7.57. The zero-order chi connectivity index (χ0) is 19.0. The highest BCUT2D eigenvalue weighted by Crippen LogP contribution is 2.33. The molecule has 4 rings (SSSR count). The van der Waals surface area contributed by atoms with Crippen molar-refractivity contribution < 1.29 is 4.79 Å². The first-order chi connectivity index (χ1) is 13.0. The Morgan fingerprint density at radius 1 is 1.48 bits per heavy atom. The molecule has 1 N–H and O–H groups in total. The normalized spacial score (nSPS) is 16.0. The number of nitrogens with one attached hydrogen (secondary N) is 1. The van der Waals surface area contributed by atoms with Gasteiger partial charge in [-0.3, -0.25) is 9.48 Å². The van der Waals surface area contributed by atoms with Gasteiger partial charge in [-0.15, -0.1) is 0 Å². The average molecular weight is 362 g/mol. The molecule has 1 unspecified atom stereocenters. The minimum absolute atomic E-state index is 0.160. The van der Waals surface area contributed by atoms with E-state index in [-0.39, 0.29) is 18.2 Å². The highest BCUT2D eigenvalue weighted by Gasteiger charge is 2.36. The van der Waals surface area contributed by atoms with Gasteiger partial charge in [0.15, 0.2) is 0 Å². The molecule has 27 heavy (non-hydrogen) atoms. The molecule has 0 radical (unpaired) electrons. The molecule has 1 atom stereocenters. The summed E-state index contributed by atoms with van der Waals surface area (Å²) in [5, 5.41) is 14.9. The molecule has 7 heteroatoms. The molecule has 0 aliphatic heterocycles. The molecule has 1 aliphatic rings. The number of rotatable bonds is 6. The van der Waals surface area contributed by atoms with Crippen LogP contribution >= 0.6 is 0 Å². The first-order valence-electron chi connectivity index (χ1n) is 9.11. The number of hydrogen-bond acceptors (Lipinski definition) is 4. The fraction of sp³-hybridized carbons (Fsp3) is 0.400. The van der Waals surface area contributed by atoms with Gasteiger partial charge in [0.25, 0.3) is 0 Å². The van der Waals surface area contributed by atoms with E-state index in [1.54, 1.807) is 17.3 Å². The Morgan fingerprint density at radius 3 is 3.04 bits per heavy atom. The minimum atomic E-state index is -0.587. The maximum absolute atomic E-state index is 12.4. The van der Waals surface area contributed by atoms with Gasteiger partial charge in [0, 0.05) is 49.1 Å². The lowest BCUT2D eigenvalue weighted by atomic mass is 9.97. The summed E-state index contributed by atoms with van der Waals surface area (Å²) in [6.45, 7) is 2.43. The van der Waals surface area contributed by atoms with Crippen LogP contribution in [0.25, 0.3) is 22.2 Å². The average Bonchev–Trinajstić information content (AvgIpc) is 3.18. The lowest BCUT2D eigenvalue weighted by Crippen LogP contribution is -2.44. The van der Waals surface area contributed by atoms with E-state index in [0.717, 1.165) is 35.0 Å². The van der Waals surface area contributed by atoms with Gasteiger partial charge in [-0.2, -0.15) is 10.4 Å². The summed E-state index contributed by atoms with van der Waals surface area (Å²) < 4.78 is 1.82. The number of carbonyl (C=O) groups is 1. The van der Waals surface area contributed by atoms with Crippen molar-refractivity contribution in [2.24, 2.45) is 5.92 Å². The van der Waals surface area contributed by atoms with Crippen LogP contribution in [0.15, 0.2) is 36.9 Å². The molecular weight excluding hydrogens is 340 g/mol. The summed E-state index contributed by atoms with van der Waals surface area (Å²) in [7, 11) is 1.81. The second-order valence-electron chi connectivity index (χ2n) is 7.57. The number of pyridine rings is 1. The van der Waals surface area contributed by atoms with E-state index >= 15 is 0 Å². The largest absolute Gasteiger partial charge is 0.346 e. The molecule has 0 spiro atoms. The van der Waals surface area contributed by atoms with Crippen LogP contribution in [0.5, 0.6) is 0 Å². The number of aromatic amines is 1. The third-order valence-electron chi connectivity index (χ3n) is 5.25. The molecule has 0 aromatic carbocycles. The van der Waals surface area contributed by atoms with E-state index in [4.69, 9.17) is 0 Å². The standard InChI is InChI=1S/C20H22N6O/c1-20(7-8-21,13-25(2)19(27)14-3-4-14)26-12-15(11-24-26)16-5-9-22-18-17(16)6-10-23-18/h5-6,9-12,14H,3-4,7,13H2,1-2H3,(H,22,23). The van der Waals surface area contributed by atoms with Crippen molar-refractivity contribution in [3.8, 4) is 17.2 Å². The van der Waals surface area contributed by atoms with Crippen LogP contribution in [0.3, 0.4) is 0 Å². The van der Waals surface area contributed by atoms with Crippen molar-refractivity contribution in [2.45, 2.75) is 31.7 Å². The molecule has 1 aliphatic carbocycles. The van der Waals surface area contributed by atoms with Crippen LogP contribution in [0.4, 0.5) is 0 Å². The summed E-state index contributed by atoms with van der Waals surface area (Å²) in [6.07, 6.45) is 9.60. The Bertz CT molecular complexity index is 1020. The number of fused-ring (bicyclic) bond motifs is 1. The fourth-order valence-electron chi connectivity index (χ4n) is 3.58. The topological polar surface area (TPSA) is 90.6 Å². The molecule has 1 fully saturated rings. The van der Waals surface area contributed by atoms with E-state index in [1.807, 2.05) is 43.2 Å². The summed E-state index contributed by atoms with van der Waals surface area (Å²) in [5.41, 5.74) is 2.24. The Morgan fingerprint density at radius 2 is 2.30 bits per heavy atom. The van der Waals surface area contributed by atoms with E-state index in [2.05, 4.69) is 21.1 Å². The van der Waals surface area contributed by atoms with Gasteiger partial charge in [-0.1, -0.05) is 0 Å². The number of aromatic nitrogens is 4. The van der Waals surface area contributed by atoms with Gasteiger partial charge in [-0.25, -0.2) is 4.98 Å². The highest BCUT2D eigenvalue weighted by atomic mass is 16.2. The van der Waals surface area contributed by atoms with Gasteiger partial charge in [0.1, 0.15) is 5.65 Å². The van der Waals surface area contributed by atoms with Crippen LogP contribution in [-0.2, 0) is 10.3 Å². The third kappa shape index (κ3) is 3.19. The summed E-state index contributed by atoms with van der Waals surface area (Å²) in [4.78, 5) is 21.5. The summed E-state index contributed by atoms with van der Waals surface area (Å²) in [6, 6.07) is 6.21. The maximum Gasteiger partial charge on any atom is 0.225 e. The molecule has 1 amide bonds. The lowest BCUT2D eigenvalue weighted by molar-refractivity contribution is -0.132. The van der Waals surface area contributed by atoms with Crippen molar-refractivity contribution in [1.82, 2.24) is 24.6 Å². The quantitative estimate of drug-likeness (QED) is 0.730. The monoisotopic (exact) mass is 362 g/mol. The lowest BCUT2D eigenvalue weighted by Gasteiger charge is -2.32. The van der Waals surface area contributed by atoms with Crippen molar-refractivity contribution in [1.29, 1.82) is 5.26 Å². The van der Waals surface area contributed by atoms with Crippen molar-refractivity contribution in [2.75, 3.05) is 13.6 Å². The van der Waals surface area contributed by atoms with E-state index in [1.165, 1.54) is 0 Å². The minimum Gasteiger partial charge on any atom is -0.346 e. The molecule has 138 valence electrons. The highest BCUT2D eigenvalue weighted by molar-refractivity contribution is 5.92. The predicted molar refractivity (Wildman–Crippen MR) is 102 cm³/mol. The predicted octanol–water partition coefficient (Wildman–Crippen LogP) is 2.92. The first kappa shape index (κ1) is 17.3. The third-order valence-corrected chi connectivity index (χ3v) is 5.25. The van der Waals surface area contributed by atoms with Crippen molar-refractivity contribution >= 4 is 16.9 Å². The second kappa shape index (κ2) is 6.54. The number of carbonyl (C=O) groups excluding carboxylic acids is 1. The SMILES string of the molecule is CN(CC(C)(CC#N)n1cc(-c2ccnc3[nH]ccc23)cn1)C(=O)C1CC1. The van der Waals surface area contributed by atoms with E-state index in [9.17, 15) is 10.1 Å². The van der Waals surface area contributed by atoms with E-state index < -0.39 is 5.54 Å². The van der Waals surface area contributed by atoms with Crippen molar-refractivity contribution in [3.05, 3.63) is 36.9 Å². The van der Waals surface area contributed by atoms with Crippen LogP contribution in [0.1, 0.15) is 26.2 Å². The van der Waals surface area contributed by atoms with Crippen molar-refractivity contribution in [3.63, 3.8) is 0 Å². The van der Waals surface area contributed by atoms with Gasteiger partial charge >= 0.3 is 0 Å². The number of likely N-dealkylation sites (N-methyl/N-ethyl adjacent to an activating group) is 1. The number of nitriles is 1. The van der Waals surface area contributed by atoms with Crippen LogP contribution in [0.2, 0.25) is 0 Å². The number of nitrogens with zero attached hydrogens (tertiary/aromatic N) is 5. The van der Waals surface area contributed by atoms with Gasteiger partial charge in [0.2, 0.25) is 5.91 Å². The van der Waals surface area contributed by atoms with Crippen LogP contribution in [0, 0.1) is 17.2 Å². The van der Waals surface area contributed by atoms with Crippen LogP contribution in [-0.4, -0.2) is 44.1 Å². The fourth-order valence-corrected chi connectivity index (χ4v) is 3.58. The Balaban J connectivity index is 1.65. The zero-order valence-electron chi connectivity index (χ0n) is 15.5. The smallest absolute Gasteiger partial charge is 0.225 e. The maximum atomic E-state index is 12.4. The molecule has 0 bridgehead atoms. The molecule has 0 saturated heterocycles. The summed E-state index contributed by atoms with van der Waals surface area (Å²) >= 11 is 0. The van der Waals surface area contributed by atoms with E-state index in [0.29, 0.717) is 6.54 Å². The molecular formula is C20H22N6O. The van der Waals surface area contributed by atoms with Gasteiger partial charge in [0.05, 0.1) is 24.2 Å². The number of hydrogen-bond donors (Lipinski definition) is 1. The molecule has 1 saturated carbocycles. The molecule has 3 aromatic rings. The molecule has 3 aromatic heterocycles. The Kier molecular flexibility index (Phi) is 4.19. The first-order valence-corrected chi connectivity index (χ1v) is 9.11. The number of amides is 1. The number of H-pyrrole nitrogens is 1.